The van der Waals surface area contributed by atoms with Crippen LogP contribution in [0.15, 0.2) is 36.5 Å². The van der Waals surface area contributed by atoms with Gasteiger partial charge in [-0.25, -0.2) is 0 Å². The van der Waals surface area contributed by atoms with Crippen LogP contribution in [0, 0.1) is 5.92 Å². The molecule has 0 aliphatic rings. The maximum atomic E-state index is 6.35. The number of nitrogens with zero attached hydrogens (tertiary/aromatic N) is 1. The first-order valence-corrected chi connectivity index (χ1v) is 6.32. The van der Waals surface area contributed by atoms with E-state index < -0.39 is 0 Å². The lowest BCUT2D eigenvalue weighted by Crippen LogP contribution is -2.20. The molecule has 0 saturated carbocycles. The molecule has 0 saturated heterocycles. The van der Waals surface area contributed by atoms with Crippen LogP contribution in [0.3, 0.4) is 0 Å². The van der Waals surface area contributed by atoms with E-state index >= 15 is 0 Å². The van der Waals surface area contributed by atoms with Crippen molar-refractivity contribution in [3.63, 3.8) is 0 Å². The third-order valence-electron chi connectivity index (χ3n) is 3.41. The van der Waals surface area contributed by atoms with E-state index in [0.29, 0.717) is 5.92 Å². The average molecular weight is 244 g/mol. The van der Waals surface area contributed by atoms with Gasteiger partial charge in [-0.05, 0) is 24.0 Å². The van der Waals surface area contributed by atoms with Gasteiger partial charge in [0.2, 0.25) is 0 Å². The second kappa shape index (κ2) is 5.94. The van der Waals surface area contributed by atoms with E-state index in [-0.39, 0.29) is 6.04 Å². The summed E-state index contributed by atoms with van der Waals surface area (Å²) in [7, 11) is 1.72. The molecule has 1 heterocycles. The minimum absolute atomic E-state index is 0.00116. The third kappa shape index (κ3) is 2.68. The molecule has 18 heavy (non-hydrogen) atoms. The quantitative estimate of drug-likeness (QED) is 0.879. The normalized spacial score (nSPS) is 14.6. The summed E-state index contributed by atoms with van der Waals surface area (Å²) in [5.74, 6) is 0.373. The first-order chi connectivity index (χ1) is 8.74. The van der Waals surface area contributed by atoms with E-state index in [2.05, 4.69) is 30.1 Å². The second-order valence-electron chi connectivity index (χ2n) is 4.71. The van der Waals surface area contributed by atoms with E-state index in [0.717, 1.165) is 29.5 Å². The predicted molar refractivity (Wildman–Crippen MR) is 74.3 cm³/mol. The summed E-state index contributed by atoms with van der Waals surface area (Å²) in [5, 5.41) is 1.14. The van der Waals surface area contributed by atoms with Crippen molar-refractivity contribution in [3.8, 4) is 0 Å². The summed E-state index contributed by atoms with van der Waals surface area (Å²) in [6.45, 7) is 2.90. The number of hydrogen-bond acceptors (Lipinski definition) is 3. The van der Waals surface area contributed by atoms with E-state index in [1.807, 2.05) is 18.3 Å². The summed E-state index contributed by atoms with van der Waals surface area (Å²) in [6.07, 6.45) is 2.78. The molecule has 2 N–H and O–H groups in total. The molecule has 2 aromatic rings. The molecule has 1 aromatic carbocycles. The maximum Gasteiger partial charge on any atom is 0.0749 e. The van der Waals surface area contributed by atoms with Gasteiger partial charge < -0.3 is 10.5 Å². The Morgan fingerprint density at radius 1 is 1.28 bits per heavy atom. The molecule has 0 radical (unpaired) electrons. The molecule has 0 amide bonds. The number of fused-ring (bicyclic) bond motifs is 1. The zero-order valence-corrected chi connectivity index (χ0v) is 11.0. The Kier molecular flexibility index (Phi) is 4.28. The van der Waals surface area contributed by atoms with Crippen LogP contribution >= 0.6 is 0 Å². The Balaban J connectivity index is 2.29. The van der Waals surface area contributed by atoms with E-state index in [1.165, 1.54) is 0 Å². The highest BCUT2D eigenvalue weighted by atomic mass is 16.5. The molecule has 3 nitrogen and oxygen atoms in total. The lowest BCUT2D eigenvalue weighted by molar-refractivity contribution is 0.174. The van der Waals surface area contributed by atoms with Crippen LogP contribution in [0.5, 0.6) is 0 Å². The topological polar surface area (TPSA) is 48.1 Å². The number of rotatable bonds is 5. The fourth-order valence-electron chi connectivity index (χ4n) is 2.19. The Morgan fingerprint density at radius 3 is 2.83 bits per heavy atom. The summed E-state index contributed by atoms with van der Waals surface area (Å²) in [4.78, 5) is 4.45. The van der Waals surface area contributed by atoms with Crippen LogP contribution in [-0.4, -0.2) is 18.7 Å². The molecule has 0 aliphatic carbocycles. The van der Waals surface area contributed by atoms with Crippen LogP contribution < -0.4 is 5.73 Å². The second-order valence-corrected chi connectivity index (χ2v) is 4.71. The summed E-state index contributed by atoms with van der Waals surface area (Å²) >= 11 is 0. The van der Waals surface area contributed by atoms with Crippen molar-refractivity contribution in [3.05, 3.63) is 42.1 Å². The summed E-state index contributed by atoms with van der Waals surface area (Å²) in [6, 6.07) is 10.2. The Hall–Kier alpha value is -1.45. The van der Waals surface area contributed by atoms with Gasteiger partial charge in [0.1, 0.15) is 0 Å². The van der Waals surface area contributed by atoms with Gasteiger partial charge in [0.25, 0.3) is 0 Å². The van der Waals surface area contributed by atoms with Crippen LogP contribution in [0.25, 0.3) is 10.9 Å². The molecule has 1 aromatic heterocycles. The van der Waals surface area contributed by atoms with Gasteiger partial charge in [-0.1, -0.05) is 31.2 Å². The van der Waals surface area contributed by atoms with Crippen molar-refractivity contribution < 1.29 is 4.74 Å². The van der Waals surface area contributed by atoms with Crippen LogP contribution in [0.2, 0.25) is 0 Å². The molecule has 2 atom stereocenters. The lowest BCUT2D eigenvalue weighted by Gasteiger charge is -2.21. The zero-order valence-electron chi connectivity index (χ0n) is 11.0. The number of aromatic nitrogens is 1. The number of nitrogens with two attached hydrogens (primary N) is 1. The van der Waals surface area contributed by atoms with Crippen molar-refractivity contribution in [2.24, 2.45) is 11.7 Å². The smallest absolute Gasteiger partial charge is 0.0749 e. The van der Waals surface area contributed by atoms with E-state index in [4.69, 9.17) is 10.5 Å². The van der Waals surface area contributed by atoms with Gasteiger partial charge in [-0.2, -0.15) is 0 Å². The lowest BCUT2D eigenvalue weighted by atomic mass is 9.91. The highest BCUT2D eigenvalue weighted by Crippen LogP contribution is 2.27. The van der Waals surface area contributed by atoms with E-state index in [9.17, 15) is 0 Å². The molecular weight excluding hydrogens is 224 g/mol. The van der Waals surface area contributed by atoms with Crippen molar-refractivity contribution >= 4 is 10.9 Å². The molecule has 0 bridgehead atoms. The first kappa shape index (κ1) is 13.0. The van der Waals surface area contributed by atoms with Gasteiger partial charge in [-0.3, -0.25) is 4.98 Å². The number of pyridine rings is 1. The van der Waals surface area contributed by atoms with Crippen molar-refractivity contribution in [2.75, 3.05) is 13.7 Å². The first-order valence-electron chi connectivity index (χ1n) is 6.32. The Morgan fingerprint density at radius 2 is 2.06 bits per heavy atom. The molecule has 2 unspecified atom stereocenters. The van der Waals surface area contributed by atoms with Gasteiger partial charge >= 0.3 is 0 Å². The Labute approximate surface area is 108 Å². The molecule has 2 rings (SSSR count). The largest absolute Gasteiger partial charge is 0.385 e. The number of benzene rings is 1. The average Bonchev–Trinajstić information content (AvgIpc) is 2.43. The van der Waals surface area contributed by atoms with Crippen LogP contribution in [-0.2, 0) is 4.74 Å². The molecule has 0 fully saturated rings. The molecule has 3 heteroatoms. The van der Waals surface area contributed by atoms with Gasteiger partial charge in [0.15, 0.2) is 0 Å². The summed E-state index contributed by atoms with van der Waals surface area (Å²) < 4.78 is 5.11. The number of methoxy groups -OCH3 is 1. The molecule has 96 valence electrons. The summed E-state index contributed by atoms with van der Waals surface area (Å²) in [5.41, 5.74) is 8.48. The van der Waals surface area contributed by atoms with Crippen LogP contribution in [0.4, 0.5) is 0 Å². The Bertz CT molecular complexity index is 507. The zero-order chi connectivity index (χ0) is 13.0. The van der Waals surface area contributed by atoms with Gasteiger partial charge in [-0.15, -0.1) is 0 Å². The van der Waals surface area contributed by atoms with Crippen molar-refractivity contribution in [1.29, 1.82) is 0 Å². The molecule has 0 aliphatic heterocycles. The van der Waals surface area contributed by atoms with Gasteiger partial charge in [0, 0.05) is 31.3 Å². The van der Waals surface area contributed by atoms with E-state index in [1.54, 1.807) is 7.11 Å². The minimum Gasteiger partial charge on any atom is -0.385 e. The van der Waals surface area contributed by atoms with Crippen molar-refractivity contribution in [1.82, 2.24) is 4.98 Å². The fraction of sp³-hybridized carbons (Fsp3) is 0.400. The highest BCUT2D eigenvalue weighted by Gasteiger charge is 2.17. The SMILES string of the molecule is COCCC(C)C(N)c1cccc2cccnc12. The third-order valence-corrected chi connectivity index (χ3v) is 3.41. The fourth-order valence-corrected chi connectivity index (χ4v) is 2.19. The highest BCUT2D eigenvalue weighted by molar-refractivity contribution is 5.81. The monoisotopic (exact) mass is 244 g/mol. The number of hydrogen-bond donors (Lipinski definition) is 1. The van der Waals surface area contributed by atoms with Crippen LogP contribution in [0.1, 0.15) is 24.9 Å². The minimum atomic E-state index is -0.00116. The van der Waals surface area contributed by atoms with Gasteiger partial charge in [0.05, 0.1) is 5.52 Å². The number of ether oxygens (including phenoxy) is 1. The molecule has 0 spiro atoms. The number of para-hydroxylation sites is 1. The predicted octanol–water partition coefficient (Wildman–Crippen LogP) is 2.91. The standard InChI is InChI=1S/C15H20N2O/c1-11(8-10-18-2)14(16)13-7-3-5-12-6-4-9-17-15(12)13/h3-7,9,11,14H,8,10,16H2,1-2H3. The molecular formula is C15H20N2O. The maximum absolute atomic E-state index is 6.35. The van der Waals surface area contributed by atoms with Crippen molar-refractivity contribution in [2.45, 2.75) is 19.4 Å².